The van der Waals surface area contributed by atoms with E-state index in [4.69, 9.17) is 9.47 Å². The maximum absolute atomic E-state index is 11.8. The molecule has 0 aromatic heterocycles. The zero-order valence-corrected chi connectivity index (χ0v) is 9.15. The second kappa shape index (κ2) is 4.45. The molecular formula is C12H18O3. The van der Waals surface area contributed by atoms with Crippen molar-refractivity contribution in [2.45, 2.75) is 26.1 Å². The van der Waals surface area contributed by atoms with Gasteiger partial charge in [-0.2, -0.15) is 0 Å². The van der Waals surface area contributed by atoms with Gasteiger partial charge in [0.2, 0.25) is 0 Å². The number of hydrogen-bond donors (Lipinski definition) is 0. The van der Waals surface area contributed by atoms with E-state index in [1.165, 1.54) is 0 Å². The third-order valence-corrected chi connectivity index (χ3v) is 3.47. The molecule has 15 heavy (non-hydrogen) atoms. The number of hydrogen-bond acceptors (Lipinski definition) is 3. The smallest absolute Gasteiger partial charge is 0.158 e. The van der Waals surface area contributed by atoms with Gasteiger partial charge in [-0.05, 0) is 11.8 Å². The standard InChI is InChI=1S/C12H18O3/c1-3-9-8(2)6-11(13)10(9)7-12-14-4-5-15-12/h3,8-10,12H,1,4-7H2,2H3/t8-,9+,10-/m1/s1. The fourth-order valence-electron chi connectivity index (χ4n) is 2.65. The lowest BCUT2D eigenvalue weighted by Gasteiger charge is -2.20. The van der Waals surface area contributed by atoms with Gasteiger partial charge in [-0.1, -0.05) is 13.0 Å². The molecule has 0 spiro atoms. The first-order valence-corrected chi connectivity index (χ1v) is 5.61. The Morgan fingerprint density at radius 2 is 2.13 bits per heavy atom. The van der Waals surface area contributed by atoms with Crippen LogP contribution in [0.25, 0.3) is 0 Å². The molecule has 1 aliphatic carbocycles. The van der Waals surface area contributed by atoms with Gasteiger partial charge in [-0.3, -0.25) is 4.79 Å². The fraction of sp³-hybridized carbons (Fsp3) is 0.750. The molecule has 0 bridgehead atoms. The zero-order valence-electron chi connectivity index (χ0n) is 9.15. The second-order valence-corrected chi connectivity index (χ2v) is 4.47. The Labute approximate surface area is 90.4 Å². The highest BCUT2D eigenvalue weighted by molar-refractivity contribution is 5.84. The monoisotopic (exact) mass is 210 g/mol. The molecule has 3 atom stereocenters. The Bertz CT molecular complexity index is 256. The number of rotatable bonds is 3. The van der Waals surface area contributed by atoms with E-state index < -0.39 is 0 Å². The van der Waals surface area contributed by atoms with Gasteiger partial charge >= 0.3 is 0 Å². The molecule has 1 aliphatic heterocycles. The van der Waals surface area contributed by atoms with E-state index in [9.17, 15) is 4.79 Å². The van der Waals surface area contributed by atoms with E-state index in [2.05, 4.69) is 13.5 Å². The highest BCUT2D eigenvalue weighted by atomic mass is 16.7. The van der Waals surface area contributed by atoms with Crippen LogP contribution in [-0.4, -0.2) is 25.3 Å². The van der Waals surface area contributed by atoms with Crippen molar-refractivity contribution in [2.24, 2.45) is 17.8 Å². The van der Waals surface area contributed by atoms with E-state index in [-0.39, 0.29) is 12.2 Å². The SMILES string of the molecule is C=C[C@H]1[C@H](C)CC(=O)[C@@H]1CC1OCCO1. The van der Waals surface area contributed by atoms with Crippen molar-refractivity contribution in [1.82, 2.24) is 0 Å². The number of ketones is 1. The highest BCUT2D eigenvalue weighted by Gasteiger charge is 2.40. The Morgan fingerprint density at radius 3 is 2.73 bits per heavy atom. The summed E-state index contributed by atoms with van der Waals surface area (Å²) in [6, 6.07) is 0. The highest BCUT2D eigenvalue weighted by Crippen LogP contribution is 2.38. The lowest BCUT2D eigenvalue weighted by atomic mass is 9.88. The molecule has 1 heterocycles. The van der Waals surface area contributed by atoms with Crippen LogP contribution >= 0.6 is 0 Å². The summed E-state index contributed by atoms with van der Waals surface area (Å²) in [5.41, 5.74) is 0. The van der Waals surface area contributed by atoms with Gasteiger partial charge in [-0.25, -0.2) is 0 Å². The quantitative estimate of drug-likeness (QED) is 0.666. The Kier molecular flexibility index (Phi) is 3.22. The molecule has 84 valence electrons. The summed E-state index contributed by atoms with van der Waals surface area (Å²) in [5, 5.41) is 0. The largest absolute Gasteiger partial charge is 0.350 e. The number of ether oxygens (including phenoxy) is 2. The van der Waals surface area contributed by atoms with Crippen molar-refractivity contribution < 1.29 is 14.3 Å². The van der Waals surface area contributed by atoms with Crippen LogP contribution in [0.5, 0.6) is 0 Å². The van der Waals surface area contributed by atoms with Gasteiger partial charge in [-0.15, -0.1) is 6.58 Å². The average Bonchev–Trinajstić information content (AvgIpc) is 2.77. The Hall–Kier alpha value is -0.670. The Balaban J connectivity index is 1.99. The van der Waals surface area contributed by atoms with E-state index in [1.807, 2.05) is 6.08 Å². The Morgan fingerprint density at radius 1 is 1.47 bits per heavy atom. The average molecular weight is 210 g/mol. The van der Waals surface area contributed by atoms with Crippen LogP contribution in [0.2, 0.25) is 0 Å². The minimum absolute atomic E-state index is 0.0561. The molecule has 1 saturated heterocycles. The van der Waals surface area contributed by atoms with Crippen LogP contribution in [0, 0.1) is 17.8 Å². The molecule has 0 unspecified atom stereocenters. The van der Waals surface area contributed by atoms with Gasteiger partial charge in [0.05, 0.1) is 13.2 Å². The van der Waals surface area contributed by atoms with Crippen LogP contribution in [0.1, 0.15) is 19.8 Å². The van der Waals surface area contributed by atoms with Crippen molar-refractivity contribution in [3.8, 4) is 0 Å². The molecule has 0 radical (unpaired) electrons. The maximum Gasteiger partial charge on any atom is 0.158 e. The number of carbonyl (C=O) groups is 1. The van der Waals surface area contributed by atoms with Crippen LogP contribution < -0.4 is 0 Å². The lowest BCUT2D eigenvalue weighted by molar-refractivity contribution is -0.125. The van der Waals surface area contributed by atoms with Crippen molar-refractivity contribution in [3.05, 3.63) is 12.7 Å². The third kappa shape index (κ3) is 2.13. The summed E-state index contributed by atoms with van der Waals surface area (Å²) >= 11 is 0. The van der Waals surface area contributed by atoms with Crippen molar-refractivity contribution in [3.63, 3.8) is 0 Å². The third-order valence-electron chi connectivity index (χ3n) is 3.47. The van der Waals surface area contributed by atoms with Gasteiger partial charge in [0.1, 0.15) is 5.78 Å². The molecule has 1 saturated carbocycles. The maximum atomic E-state index is 11.8. The molecule has 2 fully saturated rings. The molecule has 2 aliphatic rings. The summed E-state index contributed by atoms with van der Waals surface area (Å²) in [5.74, 6) is 1.11. The van der Waals surface area contributed by atoms with Gasteiger partial charge in [0, 0.05) is 18.8 Å². The molecule has 0 aromatic rings. The van der Waals surface area contributed by atoms with Gasteiger partial charge in [0.15, 0.2) is 6.29 Å². The van der Waals surface area contributed by atoms with Crippen LogP contribution in [-0.2, 0) is 14.3 Å². The van der Waals surface area contributed by atoms with E-state index in [0.717, 1.165) is 0 Å². The molecule has 0 amide bonds. The normalized spacial score (nSPS) is 37.4. The summed E-state index contributed by atoms with van der Waals surface area (Å²) in [6.07, 6.45) is 3.11. The summed E-state index contributed by atoms with van der Waals surface area (Å²) in [4.78, 5) is 11.8. The molecule has 3 heteroatoms. The topological polar surface area (TPSA) is 35.5 Å². The van der Waals surface area contributed by atoms with Crippen molar-refractivity contribution >= 4 is 5.78 Å². The number of allylic oxidation sites excluding steroid dienone is 1. The lowest BCUT2D eigenvalue weighted by Crippen LogP contribution is -2.22. The van der Waals surface area contributed by atoms with Crippen molar-refractivity contribution in [1.29, 1.82) is 0 Å². The number of carbonyl (C=O) groups excluding carboxylic acids is 1. The predicted molar refractivity (Wildman–Crippen MR) is 56.3 cm³/mol. The van der Waals surface area contributed by atoms with Crippen molar-refractivity contribution in [2.75, 3.05) is 13.2 Å². The fourth-order valence-corrected chi connectivity index (χ4v) is 2.65. The van der Waals surface area contributed by atoms with Gasteiger partial charge in [0.25, 0.3) is 0 Å². The van der Waals surface area contributed by atoms with E-state index >= 15 is 0 Å². The molecule has 0 N–H and O–H groups in total. The predicted octanol–water partition coefficient (Wildman–Crippen LogP) is 1.78. The molecule has 0 aromatic carbocycles. The summed E-state index contributed by atoms with van der Waals surface area (Å²) in [6.45, 7) is 7.24. The van der Waals surface area contributed by atoms with E-state index in [1.54, 1.807) is 0 Å². The summed E-state index contributed by atoms with van der Waals surface area (Å²) < 4.78 is 10.8. The van der Waals surface area contributed by atoms with Gasteiger partial charge < -0.3 is 9.47 Å². The van der Waals surface area contributed by atoms with E-state index in [0.29, 0.717) is 43.7 Å². The molecular weight excluding hydrogens is 192 g/mol. The summed E-state index contributed by atoms with van der Waals surface area (Å²) in [7, 11) is 0. The first-order chi connectivity index (χ1) is 7.22. The molecule has 3 nitrogen and oxygen atoms in total. The van der Waals surface area contributed by atoms with Crippen LogP contribution in [0.4, 0.5) is 0 Å². The number of Topliss-reactive ketones (excluding diaryl/α,β-unsaturated/α-hetero) is 1. The second-order valence-electron chi connectivity index (χ2n) is 4.47. The van der Waals surface area contributed by atoms with Crippen LogP contribution in [0.15, 0.2) is 12.7 Å². The first kappa shape index (κ1) is 10.8. The minimum Gasteiger partial charge on any atom is -0.350 e. The minimum atomic E-state index is -0.174. The zero-order chi connectivity index (χ0) is 10.8. The molecule has 2 rings (SSSR count). The first-order valence-electron chi connectivity index (χ1n) is 5.61. The van der Waals surface area contributed by atoms with Crippen LogP contribution in [0.3, 0.4) is 0 Å².